The first-order valence-corrected chi connectivity index (χ1v) is 6.44. The van der Waals surface area contributed by atoms with Crippen molar-refractivity contribution in [3.63, 3.8) is 0 Å². The molecule has 1 atom stereocenters. The van der Waals surface area contributed by atoms with Crippen LogP contribution in [0.3, 0.4) is 0 Å². The quantitative estimate of drug-likeness (QED) is 0.639. The second-order valence-corrected chi connectivity index (χ2v) is 4.85. The van der Waals surface area contributed by atoms with Crippen LogP contribution in [0, 0.1) is 12.7 Å². The Balaban J connectivity index is 2.07. The number of hydrogen-bond donors (Lipinski definition) is 2. The molecule has 2 aromatic carbocycles. The van der Waals surface area contributed by atoms with Crippen molar-refractivity contribution in [1.29, 1.82) is 0 Å². The molecule has 3 N–H and O–H groups in total. The summed E-state index contributed by atoms with van der Waals surface area (Å²) in [6.45, 7) is 2.06. The third-order valence-corrected chi connectivity index (χ3v) is 3.22. The molecule has 0 aliphatic rings. The van der Waals surface area contributed by atoms with E-state index in [2.05, 4.69) is 30.5 Å². The van der Waals surface area contributed by atoms with E-state index in [1.165, 1.54) is 17.2 Å². The summed E-state index contributed by atoms with van der Waals surface area (Å²) in [5, 5.41) is 0. The van der Waals surface area contributed by atoms with Gasteiger partial charge in [0.15, 0.2) is 0 Å². The van der Waals surface area contributed by atoms with E-state index in [9.17, 15) is 4.39 Å². The number of halogens is 1. The zero-order valence-electron chi connectivity index (χ0n) is 11.1. The normalized spacial score (nSPS) is 12.4. The number of hydrogen-bond acceptors (Lipinski definition) is 2. The molecule has 0 aromatic heterocycles. The van der Waals surface area contributed by atoms with Gasteiger partial charge in [0.05, 0.1) is 0 Å². The lowest BCUT2D eigenvalue weighted by atomic mass is 9.98. The van der Waals surface area contributed by atoms with Crippen LogP contribution in [0.1, 0.15) is 16.7 Å². The van der Waals surface area contributed by atoms with Crippen LogP contribution in [-0.4, -0.2) is 6.04 Å². The highest BCUT2D eigenvalue weighted by Gasteiger charge is 2.11. The van der Waals surface area contributed by atoms with Gasteiger partial charge in [-0.05, 0) is 37.0 Å². The molecule has 0 aliphatic carbocycles. The van der Waals surface area contributed by atoms with Gasteiger partial charge in [-0.25, -0.2) is 4.39 Å². The SMILES string of the molecule is Cc1cccc(CC(Cc2ccccc2F)NN)c1. The number of benzene rings is 2. The van der Waals surface area contributed by atoms with E-state index in [1.54, 1.807) is 12.1 Å². The first kappa shape index (κ1) is 13.7. The largest absolute Gasteiger partial charge is 0.271 e. The Morgan fingerprint density at radius 1 is 1.11 bits per heavy atom. The molecule has 2 aromatic rings. The molecule has 3 heteroatoms. The molecule has 100 valence electrons. The highest BCUT2D eigenvalue weighted by Crippen LogP contribution is 2.13. The Labute approximate surface area is 113 Å². The predicted octanol–water partition coefficient (Wildman–Crippen LogP) is 2.75. The molecular weight excluding hydrogens is 239 g/mol. The van der Waals surface area contributed by atoms with Crippen LogP contribution in [0.15, 0.2) is 48.5 Å². The van der Waals surface area contributed by atoms with Crippen molar-refractivity contribution in [3.05, 3.63) is 71.0 Å². The van der Waals surface area contributed by atoms with Crippen molar-refractivity contribution in [1.82, 2.24) is 5.43 Å². The Morgan fingerprint density at radius 3 is 2.58 bits per heavy atom. The number of hydrazine groups is 1. The summed E-state index contributed by atoms with van der Waals surface area (Å²) in [5.74, 6) is 5.41. The van der Waals surface area contributed by atoms with E-state index >= 15 is 0 Å². The Kier molecular flexibility index (Phi) is 4.66. The van der Waals surface area contributed by atoms with Gasteiger partial charge in [0.1, 0.15) is 5.82 Å². The fraction of sp³-hybridized carbons (Fsp3) is 0.250. The zero-order valence-corrected chi connectivity index (χ0v) is 11.1. The molecule has 0 aliphatic heterocycles. The standard InChI is InChI=1S/C16H19FN2/c1-12-5-4-6-13(9-12)10-15(19-18)11-14-7-2-3-8-16(14)17/h2-9,15,19H,10-11,18H2,1H3. The zero-order chi connectivity index (χ0) is 13.7. The molecule has 0 radical (unpaired) electrons. The molecule has 2 rings (SSSR count). The molecule has 19 heavy (non-hydrogen) atoms. The third kappa shape index (κ3) is 3.88. The van der Waals surface area contributed by atoms with Gasteiger partial charge in [-0.3, -0.25) is 11.3 Å². The molecular formula is C16H19FN2. The maximum Gasteiger partial charge on any atom is 0.126 e. The molecule has 0 saturated heterocycles. The highest BCUT2D eigenvalue weighted by molar-refractivity contribution is 5.24. The Bertz CT molecular complexity index is 540. The first-order valence-electron chi connectivity index (χ1n) is 6.44. The van der Waals surface area contributed by atoms with Gasteiger partial charge < -0.3 is 0 Å². The molecule has 0 amide bonds. The molecule has 0 fully saturated rings. The van der Waals surface area contributed by atoms with Crippen LogP contribution in [0.2, 0.25) is 0 Å². The monoisotopic (exact) mass is 258 g/mol. The summed E-state index contributed by atoms with van der Waals surface area (Å²) in [6.07, 6.45) is 1.36. The number of nitrogens with two attached hydrogens (primary N) is 1. The van der Waals surface area contributed by atoms with E-state index in [0.717, 1.165) is 6.42 Å². The van der Waals surface area contributed by atoms with Gasteiger partial charge in [0.2, 0.25) is 0 Å². The van der Waals surface area contributed by atoms with Crippen LogP contribution in [0.5, 0.6) is 0 Å². The number of nitrogens with one attached hydrogen (secondary N) is 1. The fourth-order valence-electron chi connectivity index (χ4n) is 2.24. The number of aryl methyl sites for hydroxylation is 1. The van der Waals surface area contributed by atoms with E-state index in [1.807, 2.05) is 12.1 Å². The summed E-state index contributed by atoms with van der Waals surface area (Å²) < 4.78 is 13.6. The van der Waals surface area contributed by atoms with Crippen molar-refractivity contribution in [2.75, 3.05) is 0 Å². The molecule has 1 unspecified atom stereocenters. The molecule has 0 spiro atoms. The maximum absolute atomic E-state index is 13.6. The molecule has 2 nitrogen and oxygen atoms in total. The summed E-state index contributed by atoms with van der Waals surface area (Å²) in [4.78, 5) is 0. The Morgan fingerprint density at radius 2 is 1.89 bits per heavy atom. The summed E-state index contributed by atoms with van der Waals surface area (Å²) in [6, 6.07) is 15.1. The fourth-order valence-corrected chi connectivity index (χ4v) is 2.24. The predicted molar refractivity (Wildman–Crippen MR) is 76.1 cm³/mol. The van der Waals surface area contributed by atoms with Crippen LogP contribution in [-0.2, 0) is 12.8 Å². The van der Waals surface area contributed by atoms with Gasteiger partial charge in [-0.2, -0.15) is 0 Å². The summed E-state index contributed by atoms with van der Waals surface area (Å²) in [5.41, 5.74) is 5.90. The van der Waals surface area contributed by atoms with E-state index in [-0.39, 0.29) is 11.9 Å². The van der Waals surface area contributed by atoms with Crippen molar-refractivity contribution < 1.29 is 4.39 Å². The topological polar surface area (TPSA) is 38.0 Å². The van der Waals surface area contributed by atoms with Crippen molar-refractivity contribution >= 4 is 0 Å². The van der Waals surface area contributed by atoms with Gasteiger partial charge >= 0.3 is 0 Å². The van der Waals surface area contributed by atoms with E-state index in [0.29, 0.717) is 12.0 Å². The molecule has 0 heterocycles. The van der Waals surface area contributed by atoms with Crippen LogP contribution in [0.4, 0.5) is 4.39 Å². The second kappa shape index (κ2) is 6.45. The maximum atomic E-state index is 13.6. The minimum Gasteiger partial charge on any atom is -0.271 e. The average molecular weight is 258 g/mol. The van der Waals surface area contributed by atoms with Crippen LogP contribution >= 0.6 is 0 Å². The lowest BCUT2D eigenvalue weighted by molar-refractivity contribution is 0.506. The molecule has 0 bridgehead atoms. The van der Waals surface area contributed by atoms with E-state index < -0.39 is 0 Å². The van der Waals surface area contributed by atoms with Crippen molar-refractivity contribution in [2.24, 2.45) is 5.84 Å². The minimum absolute atomic E-state index is 0.0266. The minimum atomic E-state index is -0.174. The third-order valence-electron chi connectivity index (χ3n) is 3.22. The van der Waals surface area contributed by atoms with Crippen molar-refractivity contribution in [2.45, 2.75) is 25.8 Å². The van der Waals surface area contributed by atoms with Gasteiger partial charge in [-0.15, -0.1) is 0 Å². The van der Waals surface area contributed by atoms with Crippen LogP contribution < -0.4 is 11.3 Å². The smallest absolute Gasteiger partial charge is 0.126 e. The summed E-state index contributed by atoms with van der Waals surface area (Å²) in [7, 11) is 0. The van der Waals surface area contributed by atoms with Crippen molar-refractivity contribution in [3.8, 4) is 0 Å². The van der Waals surface area contributed by atoms with Gasteiger partial charge in [-0.1, -0.05) is 48.0 Å². The lowest BCUT2D eigenvalue weighted by Crippen LogP contribution is -2.38. The lowest BCUT2D eigenvalue weighted by Gasteiger charge is -2.16. The first-order chi connectivity index (χ1) is 9.19. The van der Waals surface area contributed by atoms with Crippen LogP contribution in [0.25, 0.3) is 0 Å². The Hall–Kier alpha value is -1.71. The van der Waals surface area contributed by atoms with Gasteiger partial charge in [0.25, 0.3) is 0 Å². The molecule has 0 saturated carbocycles. The van der Waals surface area contributed by atoms with Gasteiger partial charge in [0, 0.05) is 6.04 Å². The highest BCUT2D eigenvalue weighted by atomic mass is 19.1. The number of rotatable bonds is 5. The average Bonchev–Trinajstić information content (AvgIpc) is 2.40. The van der Waals surface area contributed by atoms with E-state index in [4.69, 9.17) is 5.84 Å². The summed E-state index contributed by atoms with van der Waals surface area (Å²) >= 11 is 0. The second-order valence-electron chi connectivity index (χ2n) is 4.85.